The minimum absolute atomic E-state index is 0.0568. The minimum Gasteiger partial charge on any atom is -0.361 e. The van der Waals surface area contributed by atoms with Crippen LogP contribution < -0.4 is 5.32 Å². The number of carbonyl (C=O) groups is 1. The zero-order valence-corrected chi connectivity index (χ0v) is 10.3. The van der Waals surface area contributed by atoms with E-state index in [1.54, 1.807) is 6.33 Å². The lowest BCUT2D eigenvalue weighted by Gasteiger charge is -2.04. The molecule has 1 aromatic carbocycles. The first-order valence-electron chi connectivity index (χ1n) is 6.16. The molecule has 3 N–H and O–H groups in total. The number of hydrogen-bond donors (Lipinski definition) is 3. The van der Waals surface area contributed by atoms with E-state index in [0.29, 0.717) is 12.1 Å². The molecule has 96 valence electrons. The number of aromatic amines is 2. The molecule has 0 fully saturated rings. The lowest BCUT2D eigenvalue weighted by molar-refractivity contribution is 0.0954. The number of imidazole rings is 1. The monoisotopic (exact) mass is 254 g/mol. The van der Waals surface area contributed by atoms with E-state index in [1.165, 1.54) is 0 Å². The Kier molecular flexibility index (Phi) is 3.02. The highest BCUT2D eigenvalue weighted by molar-refractivity contribution is 5.98. The van der Waals surface area contributed by atoms with Gasteiger partial charge in [-0.05, 0) is 24.3 Å². The first-order chi connectivity index (χ1) is 9.33. The normalized spacial score (nSPS) is 10.7. The highest BCUT2D eigenvalue weighted by Gasteiger charge is 2.06. The number of benzene rings is 1. The molecule has 0 spiro atoms. The van der Waals surface area contributed by atoms with Crippen LogP contribution in [-0.4, -0.2) is 27.4 Å². The number of H-pyrrole nitrogens is 2. The summed E-state index contributed by atoms with van der Waals surface area (Å²) in [5, 5.41) is 3.93. The Morgan fingerprint density at radius 2 is 2.26 bits per heavy atom. The van der Waals surface area contributed by atoms with Crippen LogP contribution >= 0.6 is 0 Å². The molecule has 5 heteroatoms. The minimum atomic E-state index is -0.0568. The zero-order valence-electron chi connectivity index (χ0n) is 10.3. The number of aromatic nitrogens is 3. The first-order valence-corrected chi connectivity index (χ1v) is 6.16. The van der Waals surface area contributed by atoms with E-state index in [9.17, 15) is 4.79 Å². The molecule has 0 atom stereocenters. The second-order valence-corrected chi connectivity index (χ2v) is 4.35. The Labute approximate surface area is 110 Å². The highest BCUT2D eigenvalue weighted by atomic mass is 16.1. The van der Waals surface area contributed by atoms with E-state index >= 15 is 0 Å². The van der Waals surface area contributed by atoms with Crippen molar-refractivity contribution in [2.75, 3.05) is 6.54 Å². The molecule has 0 radical (unpaired) electrons. The molecule has 1 amide bonds. The molecule has 0 bridgehead atoms. The van der Waals surface area contributed by atoms with E-state index in [0.717, 1.165) is 23.0 Å². The highest BCUT2D eigenvalue weighted by Crippen LogP contribution is 2.14. The summed E-state index contributed by atoms with van der Waals surface area (Å²) < 4.78 is 0. The van der Waals surface area contributed by atoms with E-state index in [-0.39, 0.29) is 5.91 Å². The number of rotatable bonds is 4. The van der Waals surface area contributed by atoms with Crippen LogP contribution in [0.25, 0.3) is 10.9 Å². The predicted molar refractivity (Wildman–Crippen MR) is 72.9 cm³/mol. The second kappa shape index (κ2) is 4.97. The lowest BCUT2D eigenvalue weighted by Crippen LogP contribution is -2.25. The van der Waals surface area contributed by atoms with Gasteiger partial charge in [-0.1, -0.05) is 0 Å². The molecule has 5 nitrogen and oxygen atoms in total. The number of fused-ring (bicyclic) bond motifs is 1. The van der Waals surface area contributed by atoms with Gasteiger partial charge in [0.25, 0.3) is 5.91 Å². The van der Waals surface area contributed by atoms with Crippen molar-refractivity contribution in [3.8, 4) is 0 Å². The Morgan fingerprint density at radius 1 is 1.32 bits per heavy atom. The SMILES string of the molecule is O=C(NCCc1c[nH]cn1)c1ccc2[nH]ccc2c1. The number of hydrogen-bond acceptors (Lipinski definition) is 2. The zero-order chi connectivity index (χ0) is 13.1. The Bertz CT molecular complexity index is 684. The Balaban J connectivity index is 1.63. The van der Waals surface area contributed by atoms with Crippen LogP contribution in [0.3, 0.4) is 0 Å². The Morgan fingerprint density at radius 3 is 3.11 bits per heavy atom. The Hall–Kier alpha value is -2.56. The molecule has 0 aliphatic heterocycles. The van der Waals surface area contributed by atoms with Gasteiger partial charge in [-0.2, -0.15) is 0 Å². The first kappa shape index (κ1) is 11.5. The van der Waals surface area contributed by atoms with Gasteiger partial charge in [-0.3, -0.25) is 4.79 Å². The molecule has 0 unspecified atom stereocenters. The molecule has 2 heterocycles. The summed E-state index contributed by atoms with van der Waals surface area (Å²) in [6.45, 7) is 0.578. The molecule has 3 rings (SSSR count). The van der Waals surface area contributed by atoms with Crippen LogP contribution in [0, 0.1) is 0 Å². The fraction of sp³-hybridized carbons (Fsp3) is 0.143. The molecule has 0 saturated heterocycles. The predicted octanol–water partition coefficient (Wildman–Crippen LogP) is 1.86. The van der Waals surface area contributed by atoms with Gasteiger partial charge in [0.15, 0.2) is 0 Å². The molecule has 19 heavy (non-hydrogen) atoms. The second-order valence-electron chi connectivity index (χ2n) is 4.35. The van der Waals surface area contributed by atoms with Gasteiger partial charge >= 0.3 is 0 Å². The van der Waals surface area contributed by atoms with Crippen LogP contribution in [0.4, 0.5) is 0 Å². The third-order valence-corrected chi connectivity index (χ3v) is 3.04. The van der Waals surface area contributed by atoms with Gasteiger partial charge in [-0.15, -0.1) is 0 Å². The molecular weight excluding hydrogens is 240 g/mol. The average Bonchev–Trinajstić information content (AvgIpc) is 3.08. The van der Waals surface area contributed by atoms with Gasteiger partial charge < -0.3 is 15.3 Å². The summed E-state index contributed by atoms with van der Waals surface area (Å²) >= 11 is 0. The van der Waals surface area contributed by atoms with Gasteiger partial charge in [0, 0.05) is 41.8 Å². The quantitative estimate of drug-likeness (QED) is 0.665. The smallest absolute Gasteiger partial charge is 0.251 e. The van der Waals surface area contributed by atoms with Crippen molar-refractivity contribution in [1.82, 2.24) is 20.3 Å². The van der Waals surface area contributed by atoms with Crippen LogP contribution in [0.1, 0.15) is 16.1 Å². The maximum atomic E-state index is 12.0. The van der Waals surface area contributed by atoms with Gasteiger partial charge in [0.1, 0.15) is 0 Å². The van der Waals surface area contributed by atoms with Gasteiger partial charge in [0.05, 0.1) is 12.0 Å². The number of nitrogens with one attached hydrogen (secondary N) is 3. The maximum absolute atomic E-state index is 12.0. The summed E-state index contributed by atoms with van der Waals surface area (Å²) in [5.41, 5.74) is 2.66. The summed E-state index contributed by atoms with van der Waals surface area (Å²) in [4.78, 5) is 22.1. The number of amides is 1. The van der Waals surface area contributed by atoms with E-state index < -0.39 is 0 Å². The summed E-state index contributed by atoms with van der Waals surface area (Å²) in [7, 11) is 0. The number of carbonyl (C=O) groups excluding carboxylic acids is 1. The molecule has 0 saturated carbocycles. The van der Waals surface area contributed by atoms with E-state index in [2.05, 4.69) is 20.3 Å². The number of nitrogens with zero attached hydrogens (tertiary/aromatic N) is 1. The van der Waals surface area contributed by atoms with Crippen LogP contribution in [0.5, 0.6) is 0 Å². The largest absolute Gasteiger partial charge is 0.361 e. The molecule has 0 aliphatic rings. The van der Waals surface area contributed by atoms with Crippen molar-refractivity contribution >= 4 is 16.8 Å². The van der Waals surface area contributed by atoms with Crippen LogP contribution in [-0.2, 0) is 6.42 Å². The molecular formula is C14H14N4O. The van der Waals surface area contributed by atoms with Crippen LogP contribution in [0.15, 0.2) is 43.0 Å². The van der Waals surface area contributed by atoms with Crippen molar-refractivity contribution in [3.63, 3.8) is 0 Å². The lowest BCUT2D eigenvalue weighted by atomic mass is 10.1. The molecule has 3 aromatic rings. The fourth-order valence-corrected chi connectivity index (χ4v) is 2.03. The van der Waals surface area contributed by atoms with Crippen molar-refractivity contribution in [1.29, 1.82) is 0 Å². The molecule has 2 aromatic heterocycles. The molecule has 0 aliphatic carbocycles. The van der Waals surface area contributed by atoms with E-state index in [1.807, 2.05) is 36.7 Å². The summed E-state index contributed by atoms with van der Waals surface area (Å²) in [6.07, 6.45) is 6.06. The summed E-state index contributed by atoms with van der Waals surface area (Å²) in [5.74, 6) is -0.0568. The van der Waals surface area contributed by atoms with Crippen molar-refractivity contribution < 1.29 is 4.79 Å². The fourth-order valence-electron chi connectivity index (χ4n) is 2.03. The van der Waals surface area contributed by atoms with Gasteiger partial charge in [-0.25, -0.2) is 4.98 Å². The summed E-state index contributed by atoms with van der Waals surface area (Å²) in [6, 6.07) is 7.58. The topological polar surface area (TPSA) is 73.6 Å². The van der Waals surface area contributed by atoms with Crippen molar-refractivity contribution in [2.45, 2.75) is 6.42 Å². The maximum Gasteiger partial charge on any atom is 0.251 e. The van der Waals surface area contributed by atoms with Crippen molar-refractivity contribution in [3.05, 3.63) is 54.2 Å². The van der Waals surface area contributed by atoms with Gasteiger partial charge in [0.2, 0.25) is 0 Å². The van der Waals surface area contributed by atoms with Crippen molar-refractivity contribution in [2.24, 2.45) is 0 Å². The average molecular weight is 254 g/mol. The van der Waals surface area contributed by atoms with Crippen LogP contribution in [0.2, 0.25) is 0 Å². The third kappa shape index (κ3) is 2.49. The van der Waals surface area contributed by atoms with E-state index in [4.69, 9.17) is 0 Å². The third-order valence-electron chi connectivity index (χ3n) is 3.04. The standard InChI is InChI=1S/C14H14N4O/c19-14(17-6-4-12-8-15-9-18-12)11-1-2-13-10(7-11)3-5-16-13/h1-3,5,7-9,16H,4,6H2,(H,15,18)(H,17,19).